The summed E-state index contributed by atoms with van der Waals surface area (Å²) in [7, 11) is 2.07. The van der Waals surface area contributed by atoms with Crippen molar-refractivity contribution < 1.29 is 9.53 Å². The van der Waals surface area contributed by atoms with Gasteiger partial charge in [0.1, 0.15) is 11.8 Å². The highest BCUT2D eigenvalue weighted by Gasteiger charge is 2.25. The van der Waals surface area contributed by atoms with Crippen molar-refractivity contribution in [2.75, 3.05) is 39.8 Å². The largest absolute Gasteiger partial charge is 0.493 e. The highest BCUT2D eigenvalue weighted by molar-refractivity contribution is 5.83. The number of ether oxygens (including phenoxy) is 1. The predicted molar refractivity (Wildman–Crippen MR) is 92.4 cm³/mol. The first kappa shape index (κ1) is 17.8. The predicted octanol–water partition coefficient (Wildman–Crippen LogP) is 1.89. The Morgan fingerprint density at radius 3 is 2.39 bits per heavy atom. The van der Waals surface area contributed by atoms with E-state index in [1.54, 1.807) is 0 Å². The smallest absolute Gasteiger partial charge is 0.244 e. The molecule has 23 heavy (non-hydrogen) atoms. The van der Waals surface area contributed by atoms with Gasteiger partial charge in [0.15, 0.2) is 0 Å². The normalized spacial score (nSPS) is 18.5. The van der Waals surface area contributed by atoms with Crippen molar-refractivity contribution in [1.82, 2.24) is 9.80 Å². The number of amides is 1. The van der Waals surface area contributed by atoms with Crippen LogP contribution >= 0.6 is 0 Å². The fraction of sp³-hybridized carbons (Fsp3) is 0.611. The maximum absolute atomic E-state index is 12.5. The van der Waals surface area contributed by atoms with Gasteiger partial charge in [0, 0.05) is 26.2 Å². The summed E-state index contributed by atoms with van der Waals surface area (Å²) in [4.78, 5) is 16.6. The Morgan fingerprint density at radius 1 is 1.22 bits per heavy atom. The fourth-order valence-corrected chi connectivity index (χ4v) is 2.49. The molecule has 1 aromatic rings. The lowest BCUT2D eigenvalue weighted by Crippen LogP contribution is -2.49. The Morgan fingerprint density at radius 2 is 1.83 bits per heavy atom. The lowest BCUT2D eigenvalue weighted by atomic mass is 10.1. The van der Waals surface area contributed by atoms with E-state index in [0.717, 1.165) is 43.9 Å². The van der Waals surface area contributed by atoms with Crippen LogP contribution < -0.4 is 10.5 Å². The molecular formula is C18H29N3O2. The van der Waals surface area contributed by atoms with Gasteiger partial charge in [-0.15, -0.1) is 0 Å². The van der Waals surface area contributed by atoms with Crippen molar-refractivity contribution >= 4 is 5.91 Å². The van der Waals surface area contributed by atoms with Gasteiger partial charge < -0.3 is 20.3 Å². The SMILES string of the molecule is CCC(C)COc1ccc(C(N)C(=O)N2CCN(C)CC2)cc1. The van der Waals surface area contributed by atoms with Crippen molar-refractivity contribution in [2.45, 2.75) is 26.3 Å². The Balaban J connectivity index is 1.91. The maximum Gasteiger partial charge on any atom is 0.244 e. The van der Waals surface area contributed by atoms with E-state index in [-0.39, 0.29) is 5.91 Å². The number of likely N-dealkylation sites (N-methyl/N-ethyl adjacent to an activating group) is 1. The molecule has 0 aliphatic carbocycles. The molecular weight excluding hydrogens is 290 g/mol. The molecule has 1 amide bonds. The van der Waals surface area contributed by atoms with E-state index in [1.165, 1.54) is 0 Å². The number of benzene rings is 1. The van der Waals surface area contributed by atoms with Gasteiger partial charge in [0.2, 0.25) is 5.91 Å². The van der Waals surface area contributed by atoms with E-state index in [4.69, 9.17) is 10.5 Å². The summed E-state index contributed by atoms with van der Waals surface area (Å²) in [6.07, 6.45) is 1.10. The highest BCUT2D eigenvalue weighted by Crippen LogP contribution is 2.19. The zero-order valence-electron chi connectivity index (χ0n) is 14.5. The van der Waals surface area contributed by atoms with Gasteiger partial charge in [0.05, 0.1) is 6.61 Å². The lowest BCUT2D eigenvalue weighted by Gasteiger charge is -2.34. The van der Waals surface area contributed by atoms with Crippen LogP contribution in [0.25, 0.3) is 0 Å². The molecule has 0 radical (unpaired) electrons. The minimum Gasteiger partial charge on any atom is -0.493 e. The molecule has 5 nitrogen and oxygen atoms in total. The van der Waals surface area contributed by atoms with E-state index in [9.17, 15) is 4.79 Å². The number of nitrogens with zero attached hydrogens (tertiary/aromatic N) is 2. The molecule has 1 heterocycles. The van der Waals surface area contributed by atoms with Gasteiger partial charge in [-0.25, -0.2) is 0 Å². The summed E-state index contributed by atoms with van der Waals surface area (Å²) in [5.41, 5.74) is 6.99. The van der Waals surface area contributed by atoms with E-state index in [2.05, 4.69) is 25.8 Å². The van der Waals surface area contributed by atoms with Gasteiger partial charge in [-0.3, -0.25) is 4.79 Å². The third-order valence-electron chi connectivity index (χ3n) is 4.55. The molecule has 2 atom stereocenters. The second-order valence-corrected chi connectivity index (χ2v) is 6.50. The molecule has 128 valence electrons. The number of nitrogens with two attached hydrogens (primary N) is 1. The van der Waals surface area contributed by atoms with Gasteiger partial charge in [-0.1, -0.05) is 32.4 Å². The summed E-state index contributed by atoms with van der Waals surface area (Å²) in [6, 6.07) is 6.99. The van der Waals surface area contributed by atoms with E-state index in [1.807, 2.05) is 29.2 Å². The van der Waals surface area contributed by atoms with E-state index >= 15 is 0 Å². The average molecular weight is 319 g/mol. The van der Waals surface area contributed by atoms with E-state index < -0.39 is 6.04 Å². The van der Waals surface area contributed by atoms with Crippen LogP contribution in [-0.2, 0) is 4.79 Å². The number of carbonyl (C=O) groups excluding carboxylic acids is 1. The molecule has 2 rings (SSSR count). The van der Waals surface area contributed by atoms with Crippen molar-refractivity contribution in [2.24, 2.45) is 11.7 Å². The number of rotatable bonds is 6. The minimum atomic E-state index is -0.595. The number of carbonyl (C=O) groups is 1. The standard InChI is InChI=1S/C18H29N3O2/c1-4-14(2)13-23-16-7-5-15(6-8-16)17(19)18(22)21-11-9-20(3)10-12-21/h5-8,14,17H,4,9-13,19H2,1-3H3. The second-order valence-electron chi connectivity index (χ2n) is 6.50. The van der Waals surface area contributed by atoms with Crippen LogP contribution in [0.15, 0.2) is 24.3 Å². The topological polar surface area (TPSA) is 58.8 Å². The molecule has 0 bridgehead atoms. The zero-order chi connectivity index (χ0) is 16.8. The molecule has 1 fully saturated rings. The molecule has 0 aromatic heterocycles. The molecule has 1 aliphatic rings. The van der Waals surface area contributed by atoms with Gasteiger partial charge in [-0.2, -0.15) is 0 Å². The van der Waals surface area contributed by atoms with E-state index in [0.29, 0.717) is 12.5 Å². The van der Waals surface area contributed by atoms with Crippen molar-refractivity contribution in [3.05, 3.63) is 29.8 Å². The third-order valence-corrected chi connectivity index (χ3v) is 4.55. The van der Waals surface area contributed by atoms with Gasteiger partial charge in [0.25, 0.3) is 0 Å². The van der Waals surface area contributed by atoms with Crippen molar-refractivity contribution in [1.29, 1.82) is 0 Å². The highest BCUT2D eigenvalue weighted by atomic mass is 16.5. The summed E-state index contributed by atoms with van der Waals surface area (Å²) >= 11 is 0. The first-order chi connectivity index (χ1) is 11.0. The van der Waals surface area contributed by atoms with Crippen LogP contribution in [0.5, 0.6) is 5.75 Å². The first-order valence-electron chi connectivity index (χ1n) is 8.47. The van der Waals surface area contributed by atoms with Gasteiger partial charge in [-0.05, 0) is 30.7 Å². The molecule has 1 aromatic carbocycles. The van der Waals surface area contributed by atoms with Crippen LogP contribution in [0.4, 0.5) is 0 Å². The van der Waals surface area contributed by atoms with Crippen LogP contribution in [-0.4, -0.2) is 55.5 Å². The zero-order valence-corrected chi connectivity index (χ0v) is 14.5. The monoisotopic (exact) mass is 319 g/mol. The molecule has 5 heteroatoms. The quantitative estimate of drug-likeness (QED) is 0.870. The van der Waals surface area contributed by atoms with Crippen LogP contribution in [0.2, 0.25) is 0 Å². The molecule has 0 saturated carbocycles. The molecule has 0 spiro atoms. The number of hydrogen-bond acceptors (Lipinski definition) is 4. The molecule has 2 N–H and O–H groups in total. The molecule has 2 unspecified atom stereocenters. The Kier molecular flexibility index (Phi) is 6.42. The lowest BCUT2D eigenvalue weighted by molar-refractivity contribution is -0.134. The first-order valence-corrected chi connectivity index (χ1v) is 8.47. The Labute approximate surface area is 139 Å². The number of hydrogen-bond donors (Lipinski definition) is 1. The summed E-state index contributed by atoms with van der Waals surface area (Å²) in [5, 5.41) is 0. The summed E-state index contributed by atoms with van der Waals surface area (Å²) in [5.74, 6) is 1.37. The average Bonchev–Trinajstić information content (AvgIpc) is 2.59. The van der Waals surface area contributed by atoms with Crippen molar-refractivity contribution in [3.63, 3.8) is 0 Å². The van der Waals surface area contributed by atoms with Crippen LogP contribution in [0.3, 0.4) is 0 Å². The van der Waals surface area contributed by atoms with Crippen molar-refractivity contribution in [3.8, 4) is 5.75 Å². The van der Waals surface area contributed by atoms with Crippen LogP contribution in [0.1, 0.15) is 31.9 Å². The second kappa shape index (κ2) is 8.31. The summed E-state index contributed by atoms with van der Waals surface area (Å²) < 4.78 is 5.74. The third kappa shape index (κ3) is 4.94. The minimum absolute atomic E-state index is 0.00590. The Hall–Kier alpha value is -1.59. The van der Waals surface area contributed by atoms with Gasteiger partial charge >= 0.3 is 0 Å². The number of piperazine rings is 1. The Bertz CT molecular complexity index is 495. The maximum atomic E-state index is 12.5. The summed E-state index contributed by atoms with van der Waals surface area (Å²) in [6.45, 7) is 8.33. The fourth-order valence-electron chi connectivity index (χ4n) is 2.49. The molecule has 1 saturated heterocycles. The molecule has 1 aliphatic heterocycles. The van der Waals surface area contributed by atoms with Crippen LogP contribution in [0, 0.1) is 5.92 Å².